The summed E-state index contributed by atoms with van der Waals surface area (Å²) < 4.78 is 11.0. The number of aryl methyl sites for hydroxylation is 1. The third-order valence-corrected chi connectivity index (χ3v) is 5.37. The summed E-state index contributed by atoms with van der Waals surface area (Å²) in [7, 11) is 1.35. The molecule has 1 aliphatic heterocycles. The van der Waals surface area contributed by atoms with Crippen molar-refractivity contribution < 1.29 is 24.2 Å². The Labute approximate surface area is 174 Å². The van der Waals surface area contributed by atoms with Gasteiger partial charge in [-0.05, 0) is 42.0 Å². The van der Waals surface area contributed by atoms with Crippen molar-refractivity contribution in [1.29, 1.82) is 0 Å². The first-order chi connectivity index (χ1) is 14.5. The maximum absolute atomic E-state index is 12.6. The minimum atomic E-state index is -1.86. The number of hydrogen-bond donors (Lipinski definition) is 3. The van der Waals surface area contributed by atoms with Crippen LogP contribution in [-0.2, 0) is 21.6 Å². The Morgan fingerprint density at radius 2 is 1.90 bits per heavy atom. The molecule has 154 valence electrons. The van der Waals surface area contributed by atoms with Crippen molar-refractivity contribution >= 4 is 23.7 Å². The van der Waals surface area contributed by atoms with Crippen LogP contribution in [0, 0.1) is 0 Å². The predicted octanol–water partition coefficient (Wildman–Crippen LogP) is 3.92. The molecule has 0 aliphatic carbocycles. The van der Waals surface area contributed by atoms with Gasteiger partial charge in [-0.3, -0.25) is 4.79 Å². The molecule has 6 heteroatoms. The molecule has 0 saturated heterocycles. The van der Waals surface area contributed by atoms with Crippen molar-refractivity contribution in [3.8, 4) is 5.75 Å². The summed E-state index contributed by atoms with van der Waals surface area (Å²) in [6.07, 6.45) is 3.02. The number of carbonyl (C=O) groups excluding carboxylic acids is 1. The number of phenols is 1. The van der Waals surface area contributed by atoms with Crippen LogP contribution in [0.1, 0.15) is 35.1 Å². The van der Waals surface area contributed by atoms with Crippen molar-refractivity contribution in [3.05, 3.63) is 82.8 Å². The van der Waals surface area contributed by atoms with Crippen molar-refractivity contribution in [2.24, 2.45) is 0 Å². The molecule has 2 unspecified atom stereocenters. The molecule has 2 aromatic carbocycles. The summed E-state index contributed by atoms with van der Waals surface area (Å²) in [5.41, 5.74) is -0.412. The molecule has 3 N–H and O–H groups in total. The number of benzene rings is 2. The fraction of sp³-hybridized carbons (Fsp3) is 0.208. The van der Waals surface area contributed by atoms with Gasteiger partial charge in [0.25, 0.3) is 5.91 Å². The van der Waals surface area contributed by atoms with Crippen LogP contribution in [0.4, 0.5) is 5.69 Å². The van der Waals surface area contributed by atoms with Crippen LogP contribution < -0.4 is 5.32 Å². The molecule has 6 nitrogen and oxygen atoms in total. The van der Waals surface area contributed by atoms with E-state index >= 15 is 0 Å². The van der Waals surface area contributed by atoms with E-state index in [1.807, 2.05) is 25.1 Å². The normalized spacial score (nSPS) is 20.9. The molecule has 30 heavy (non-hydrogen) atoms. The molecular weight excluding hydrogens is 382 g/mol. The summed E-state index contributed by atoms with van der Waals surface area (Å²) in [4.78, 5) is 12.6. The number of hydrogen-bond acceptors (Lipinski definition) is 5. The SMILES string of the molecule is CCc1ccc(/C=C/c2ccc3c(c2O)C(O)(c2ccccc2)C(OC)C(=O)N3)o1. The van der Waals surface area contributed by atoms with E-state index in [0.717, 1.165) is 12.2 Å². The van der Waals surface area contributed by atoms with Gasteiger partial charge in [0.05, 0.1) is 11.3 Å². The highest BCUT2D eigenvalue weighted by Gasteiger charge is 2.51. The largest absolute Gasteiger partial charge is 0.507 e. The Bertz CT molecular complexity index is 1100. The molecular formula is C24H23NO5. The highest BCUT2D eigenvalue weighted by atomic mass is 16.5. The Kier molecular flexibility index (Phi) is 5.20. The van der Waals surface area contributed by atoms with E-state index in [-0.39, 0.29) is 11.3 Å². The van der Waals surface area contributed by atoms with Crippen molar-refractivity contribution in [1.82, 2.24) is 0 Å². The standard InChI is InChI=1S/C24H23NO5/c1-3-17-12-13-18(30-17)11-9-15-10-14-19-20(21(15)26)24(28,16-7-5-4-6-8-16)22(29-2)23(27)25-19/h4-14,22,26,28H,3H2,1-2H3,(H,25,27)/b11-9+. The molecule has 3 aromatic rings. The van der Waals surface area contributed by atoms with E-state index in [4.69, 9.17) is 9.15 Å². The molecule has 2 heterocycles. The molecule has 1 amide bonds. The summed E-state index contributed by atoms with van der Waals surface area (Å²) in [6, 6.07) is 15.8. The monoisotopic (exact) mass is 405 g/mol. The number of phenolic OH excluding ortho intramolecular Hbond substituents is 1. The molecule has 0 fully saturated rings. The van der Waals surface area contributed by atoms with Crippen molar-refractivity contribution in [2.45, 2.75) is 25.0 Å². The maximum atomic E-state index is 12.6. The first-order valence-electron chi connectivity index (χ1n) is 9.73. The molecule has 0 bridgehead atoms. The number of anilines is 1. The second kappa shape index (κ2) is 7.82. The van der Waals surface area contributed by atoms with Gasteiger partial charge in [0.2, 0.25) is 0 Å². The number of furan rings is 1. The summed E-state index contributed by atoms with van der Waals surface area (Å²) >= 11 is 0. The Morgan fingerprint density at radius 3 is 2.57 bits per heavy atom. The molecule has 0 radical (unpaired) electrons. The van der Waals surface area contributed by atoms with Gasteiger partial charge in [-0.2, -0.15) is 0 Å². The van der Waals surface area contributed by atoms with E-state index in [0.29, 0.717) is 22.6 Å². The average Bonchev–Trinajstić information content (AvgIpc) is 3.22. The summed E-state index contributed by atoms with van der Waals surface area (Å²) in [5.74, 6) is 0.903. The number of rotatable bonds is 5. The van der Waals surface area contributed by atoms with Gasteiger partial charge < -0.3 is 24.7 Å². The Balaban J connectivity index is 1.85. The van der Waals surface area contributed by atoms with Crippen LogP contribution in [0.5, 0.6) is 5.75 Å². The molecule has 4 rings (SSSR count). The lowest BCUT2D eigenvalue weighted by molar-refractivity contribution is -0.142. The number of nitrogens with one attached hydrogen (secondary N) is 1. The maximum Gasteiger partial charge on any atom is 0.257 e. The van der Waals surface area contributed by atoms with E-state index in [9.17, 15) is 15.0 Å². The second-order valence-corrected chi connectivity index (χ2v) is 7.15. The zero-order chi connectivity index (χ0) is 21.3. The number of amides is 1. The van der Waals surface area contributed by atoms with Crippen molar-refractivity contribution in [2.75, 3.05) is 12.4 Å². The lowest BCUT2D eigenvalue weighted by atomic mass is 9.77. The second-order valence-electron chi connectivity index (χ2n) is 7.15. The van der Waals surface area contributed by atoms with Gasteiger partial charge in [0, 0.05) is 19.1 Å². The molecule has 0 spiro atoms. The zero-order valence-corrected chi connectivity index (χ0v) is 16.8. The molecule has 0 saturated carbocycles. The van der Waals surface area contributed by atoms with Crippen LogP contribution in [0.3, 0.4) is 0 Å². The third-order valence-electron chi connectivity index (χ3n) is 5.37. The third kappa shape index (κ3) is 3.20. The fourth-order valence-corrected chi connectivity index (χ4v) is 3.86. The quantitative estimate of drug-likeness (QED) is 0.598. The number of carbonyl (C=O) groups is 1. The topological polar surface area (TPSA) is 91.9 Å². The summed E-state index contributed by atoms with van der Waals surface area (Å²) in [5, 5.41) is 25.6. The van der Waals surface area contributed by atoms with Gasteiger partial charge >= 0.3 is 0 Å². The first-order valence-corrected chi connectivity index (χ1v) is 9.73. The van der Waals surface area contributed by atoms with Gasteiger partial charge in [0.15, 0.2) is 11.7 Å². The number of fused-ring (bicyclic) bond motifs is 1. The van der Waals surface area contributed by atoms with Crippen LogP contribution >= 0.6 is 0 Å². The smallest absolute Gasteiger partial charge is 0.257 e. The number of methoxy groups -OCH3 is 1. The van der Waals surface area contributed by atoms with Crippen LogP contribution in [0.15, 0.2) is 59.0 Å². The lowest BCUT2D eigenvalue weighted by Gasteiger charge is -2.40. The van der Waals surface area contributed by atoms with E-state index in [1.54, 1.807) is 48.6 Å². The molecule has 2 atom stereocenters. The van der Waals surface area contributed by atoms with E-state index < -0.39 is 17.6 Å². The number of aromatic hydroxyl groups is 1. The highest BCUT2D eigenvalue weighted by Crippen LogP contribution is 2.47. The van der Waals surface area contributed by atoms with E-state index in [2.05, 4.69) is 5.32 Å². The predicted molar refractivity (Wildman–Crippen MR) is 114 cm³/mol. The minimum Gasteiger partial charge on any atom is -0.507 e. The summed E-state index contributed by atoms with van der Waals surface area (Å²) in [6.45, 7) is 2.01. The van der Waals surface area contributed by atoms with Gasteiger partial charge in [-0.1, -0.05) is 37.3 Å². The Hall–Kier alpha value is -3.35. The fourth-order valence-electron chi connectivity index (χ4n) is 3.86. The van der Waals surface area contributed by atoms with Crippen molar-refractivity contribution in [3.63, 3.8) is 0 Å². The van der Waals surface area contributed by atoms with Gasteiger partial charge in [-0.15, -0.1) is 0 Å². The average molecular weight is 405 g/mol. The van der Waals surface area contributed by atoms with Gasteiger partial charge in [0.1, 0.15) is 17.3 Å². The molecule has 1 aliphatic rings. The Morgan fingerprint density at radius 1 is 1.13 bits per heavy atom. The van der Waals surface area contributed by atoms with Crippen LogP contribution in [0.25, 0.3) is 12.2 Å². The first kappa shape index (κ1) is 19.9. The highest BCUT2D eigenvalue weighted by molar-refractivity contribution is 6.00. The van der Waals surface area contributed by atoms with Gasteiger partial charge in [-0.25, -0.2) is 0 Å². The van der Waals surface area contributed by atoms with Crippen LogP contribution in [-0.4, -0.2) is 29.3 Å². The lowest BCUT2D eigenvalue weighted by Crippen LogP contribution is -2.52. The molecule has 1 aromatic heterocycles. The van der Waals surface area contributed by atoms with Crippen LogP contribution in [0.2, 0.25) is 0 Å². The number of aliphatic hydroxyl groups is 1. The minimum absolute atomic E-state index is 0.139. The number of ether oxygens (including phenoxy) is 1. The van der Waals surface area contributed by atoms with E-state index in [1.165, 1.54) is 7.11 Å². The zero-order valence-electron chi connectivity index (χ0n) is 16.8.